The topological polar surface area (TPSA) is 72.2 Å². The van der Waals surface area contributed by atoms with Gasteiger partial charge in [0.05, 0.1) is 16.5 Å². The molecule has 0 fully saturated rings. The summed E-state index contributed by atoms with van der Waals surface area (Å²) in [7, 11) is 0. The fraction of sp³-hybridized carbons (Fsp3) is 0.235. The third-order valence-electron chi connectivity index (χ3n) is 3.83. The van der Waals surface area contributed by atoms with Crippen LogP contribution in [-0.4, -0.2) is 10.8 Å². The highest BCUT2D eigenvalue weighted by molar-refractivity contribution is 5.96. The summed E-state index contributed by atoms with van der Waals surface area (Å²) in [6.45, 7) is 3.09. The quantitative estimate of drug-likeness (QED) is 0.654. The van der Waals surface area contributed by atoms with Gasteiger partial charge in [0.25, 0.3) is 11.6 Å². The molecular formula is C17H15F3N2O3. The van der Waals surface area contributed by atoms with E-state index in [-0.39, 0.29) is 16.8 Å². The van der Waals surface area contributed by atoms with E-state index in [1.165, 1.54) is 37.3 Å². The molecule has 0 aliphatic heterocycles. The molecular weight excluding hydrogens is 337 g/mol. The number of halogens is 3. The van der Waals surface area contributed by atoms with E-state index in [1.807, 2.05) is 0 Å². The van der Waals surface area contributed by atoms with Crippen molar-refractivity contribution in [2.45, 2.75) is 26.1 Å². The molecule has 1 unspecified atom stereocenters. The SMILES string of the molecule is Cc1c(C(=O)NC(C)c2ccc(C(F)(F)F)cc2)cccc1[N+](=O)[O-]. The molecule has 0 aliphatic carbocycles. The number of nitrogens with one attached hydrogen (secondary N) is 1. The van der Waals surface area contributed by atoms with E-state index in [1.54, 1.807) is 6.92 Å². The van der Waals surface area contributed by atoms with Gasteiger partial charge in [-0.3, -0.25) is 14.9 Å². The zero-order valence-electron chi connectivity index (χ0n) is 13.4. The summed E-state index contributed by atoms with van der Waals surface area (Å²) in [6, 6.07) is 8.05. The van der Waals surface area contributed by atoms with Gasteiger partial charge in [-0.15, -0.1) is 0 Å². The highest BCUT2D eigenvalue weighted by atomic mass is 19.4. The number of rotatable bonds is 4. The predicted octanol–water partition coefficient (Wildman–Crippen LogP) is 4.41. The molecule has 1 amide bonds. The Morgan fingerprint density at radius 3 is 2.28 bits per heavy atom. The smallest absolute Gasteiger partial charge is 0.346 e. The lowest BCUT2D eigenvalue weighted by Gasteiger charge is -2.16. The number of nitro groups is 1. The van der Waals surface area contributed by atoms with Gasteiger partial charge >= 0.3 is 6.18 Å². The van der Waals surface area contributed by atoms with Crippen molar-refractivity contribution in [2.75, 3.05) is 0 Å². The molecule has 0 bridgehead atoms. The first-order valence-electron chi connectivity index (χ1n) is 7.33. The zero-order valence-corrected chi connectivity index (χ0v) is 13.4. The standard InChI is InChI=1S/C17H15F3N2O3/c1-10-14(4-3-5-15(10)22(24)25)16(23)21-11(2)12-6-8-13(9-7-12)17(18,19)20/h3-9,11H,1-2H3,(H,21,23). The molecule has 2 rings (SSSR count). The van der Waals surface area contributed by atoms with Crippen LogP contribution in [0.25, 0.3) is 0 Å². The summed E-state index contributed by atoms with van der Waals surface area (Å²) in [5.74, 6) is -0.534. The van der Waals surface area contributed by atoms with Gasteiger partial charge in [-0.25, -0.2) is 0 Å². The third kappa shape index (κ3) is 4.14. The van der Waals surface area contributed by atoms with E-state index in [4.69, 9.17) is 0 Å². The Balaban J connectivity index is 2.18. The number of carbonyl (C=O) groups is 1. The van der Waals surface area contributed by atoms with Gasteiger partial charge in [0.15, 0.2) is 0 Å². The van der Waals surface area contributed by atoms with Crippen molar-refractivity contribution >= 4 is 11.6 Å². The highest BCUT2D eigenvalue weighted by Gasteiger charge is 2.30. The van der Waals surface area contributed by atoms with Gasteiger partial charge in [-0.2, -0.15) is 13.2 Å². The molecule has 0 spiro atoms. The average molecular weight is 352 g/mol. The second-order valence-electron chi connectivity index (χ2n) is 5.52. The van der Waals surface area contributed by atoms with Crippen LogP contribution < -0.4 is 5.32 Å². The Morgan fingerprint density at radius 1 is 1.16 bits per heavy atom. The summed E-state index contributed by atoms with van der Waals surface area (Å²) >= 11 is 0. The van der Waals surface area contributed by atoms with E-state index < -0.39 is 28.6 Å². The van der Waals surface area contributed by atoms with Crippen LogP contribution in [0.15, 0.2) is 42.5 Å². The molecule has 0 aliphatic rings. The van der Waals surface area contributed by atoms with Gasteiger partial charge in [0.2, 0.25) is 0 Å². The largest absolute Gasteiger partial charge is 0.416 e. The van der Waals surface area contributed by atoms with E-state index >= 15 is 0 Å². The summed E-state index contributed by atoms with van der Waals surface area (Å²) in [5.41, 5.74) is -0.0823. The summed E-state index contributed by atoms with van der Waals surface area (Å²) in [5, 5.41) is 13.6. The number of amides is 1. The number of nitrogens with zero attached hydrogens (tertiary/aromatic N) is 1. The fourth-order valence-corrected chi connectivity index (χ4v) is 2.39. The van der Waals surface area contributed by atoms with Crippen LogP contribution in [0.2, 0.25) is 0 Å². The van der Waals surface area contributed by atoms with Crippen molar-refractivity contribution in [3.63, 3.8) is 0 Å². The lowest BCUT2D eigenvalue weighted by Crippen LogP contribution is -2.27. The second kappa shape index (κ2) is 6.92. The van der Waals surface area contributed by atoms with Crippen molar-refractivity contribution in [1.29, 1.82) is 0 Å². The van der Waals surface area contributed by atoms with Crippen molar-refractivity contribution in [1.82, 2.24) is 5.32 Å². The first-order chi connectivity index (χ1) is 11.6. The monoisotopic (exact) mass is 352 g/mol. The number of nitro benzene ring substituents is 1. The van der Waals surface area contributed by atoms with Crippen LogP contribution in [0, 0.1) is 17.0 Å². The molecule has 0 radical (unpaired) electrons. The predicted molar refractivity (Wildman–Crippen MR) is 85.2 cm³/mol. The van der Waals surface area contributed by atoms with Crippen molar-refractivity contribution in [2.24, 2.45) is 0 Å². The molecule has 1 N–H and O–H groups in total. The van der Waals surface area contributed by atoms with E-state index in [0.717, 1.165) is 12.1 Å². The first kappa shape index (κ1) is 18.4. The van der Waals surface area contributed by atoms with E-state index in [0.29, 0.717) is 5.56 Å². The van der Waals surface area contributed by atoms with Gasteiger partial charge < -0.3 is 5.32 Å². The Morgan fingerprint density at radius 2 is 1.76 bits per heavy atom. The highest BCUT2D eigenvalue weighted by Crippen LogP contribution is 2.30. The maximum absolute atomic E-state index is 12.6. The number of hydrogen-bond donors (Lipinski definition) is 1. The minimum atomic E-state index is -4.43. The lowest BCUT2D eigenvalue weighted by molar-refractivity contribution is -0.385. The number of carbonyl (C=O) groups excluding carboxylic acids is 1. The molecule has 2 aromatic carbocycles. The normalized spacial score (nSPS) is 12.5. The first-order valence-corrected chi connectivity index (χ1v) is 7.33. The van der Waals surface area contributed by atoms with Crippen molar-refractivity contribution < 1.29 is 22.9 Å². The van der Waals surface area contributed by atoms with Gasteiger partial charge in [-0.1, -0.05) is 18.2 Å². The lowest BCUT2D eigenvalue weighted by atomic mass is 10.0. The molecule has 0 saturated carbocycles. The van der Waals surface area contributed by atoms with E-state index in [9.17, 15) is 28.1 Å². The Hall–Kier alpha value is -2.90. The van der Waals surface area contributed by atoms with Crippen LogP contribution in [-0.2, 0) is 6.18 Å². The van der Waals surface area contributed by atoms with Crippen LogP contribution in [0.1, 0.15) is 40.0 Å². The Bertz CT molecular complexity index is 802. The van der Waals surface area contributed by atoms with Crippen LogP contribution >= 0.6 is 0 Å². The molecule has 5 nitrogen and oxygen atoms in total. The van der Waals surface area contributed by atoms with E-state index in [2.05, 4.69) is 5.32 Å². The minimum Gasteiger partial charge on any atom is -0.346 e. The van der Waals surface area contributed by atoms with Crippen LogP contribution in [0.4, 0.5) is 18.9 Å². The Kier molecular flexibility index (Phi) is 5.10. The Labute approximate surface area is 141 Å². The van der Waals surface area contributed by atoms with Crippen LogP contribution in [0.3, 0.4) is 0 Å². The second-order valence-corrected chi connectivity index (χ2v) is 5.52. The summed E-state index contributed by atoms with van der Waals surface area (Å²) in [4.78, 5) is 22.7. The maximum atomic E-state index is 12.6. The summed E-state index contributed by atoms with van der Waals surface area (Å²) in [6.07, 6.45) is -4.43. The summed E-state index contributed by atoms with van der Waals surface area (Å²) < 4.78 is 37.7. The minimum absolute atomic E-state index is 0.146. The van der Waals surface area contributed by atoms with Crippen molar-refractivity contribution in [3.8, 4) is 0 Å². The van der Waals surface area contributed by atoms with Gasteiger partial charge in [0, 0.05) is 17.2 Å². The molecule has 1 atom stereocenters. The number of alkyl halides is 3. The molecule has 0 heterocycles. The van der Waals surface area contributed by atoms with Gasteiger partial charge in [-0.05, 0) is 37.6 Å². The third-order valence-corrected chi connectivity index (χ3v) is 3.83. The number of hydrogen-bond acceptors (Lipinski definition) is 3. The maximum Gasteiger partial charge on any atom is 0.416 e. The molecule has 8 heteroatoms. The van der Waals surface area contributed by atoms with Crippen LogP contribution in [0.5, 0.6) is 0 Å². The van der Waals surface area contributed by atoms with Gasteiger partial charge in [0.1, 0.15) is 0 Å². The number of benzene rings is 2. The molecule has 0 saturated heterocycles. The molecule has 132 valence electrons. The molecule has 2 aromatic rings. The fourth-order valence-electron chi connectivity index (χ4n) is 2.39. The average Bonchev–Trinajstić information content (AvgIpc) is 2.53. The van der Waals surface area contributed by atoms with Crippen molar-refractivity contribution in [3.05, 3.63) is 74.8 Å². The molecule has 25 heavy (non-hydrogen) atoms. The molecule has 0 aromatic heterocycles. The zero-order chi connectivity index (χ0) is 18.8.